The largest absolute Gasteiger partial charge is 0.493 e. The lowest BCUT2D eigenvalue weighted by atomic mass is 10.1. The average Bonchev–Trinajstić information content (AvgIpc) is 3.15. The number of rotatable bonds is 9. The fourth-order valence-corrected chi connectivity index (χ4v) is 2.83. The van der Waals surface area contributed by atoms with Crippen LogP contribution in [-0.4, -0.2) is 44.4 Å². The molecule has 0 bridgehead atoms. The van der Waals surface area contributed by atoms with Gasteiger partial charge in [-0.2, -0.15) is 0 Å². The molecule has 0 atom stereocenters. The molecule has 0 radical (unpaired) electrons. The number of fused-ring (bicyclic) bond motifs is 1. The van der Waals surface area contributed by atoms with Gasteiger partial charge in [-0.1, -0.05) is 23.4 Å². The maximum atomic E-state index is 12.0. The molecule has 0 fully saturated rings. The van der Waals surface area contributed by atoms with Crippen LogP contribution < -0.4 is 14.8 Å². The van der Waals surface area contributed by atoms with E-state index in [4.69, 9.17) is 18.7 Å². The summed E-state index contributed by atoms with van der Waals surface area (Å²) in [6.07, 6.45) is 0.543. The van der Waals surface area contributed by atoms with Crippen LogP contribution in [0.15, 0.2) is 47.0 Å². The van der Waals surface area contributed by atoms with Crippen molar-refractivity contribution in [3.8, 4) is 11.5 Å². The predicted octanol–water partition coefficient (Wildman–Crippen LogP) is 2.29. The van der Waals surface area contributed by atoms with Crippen LogP contribution in [-0.2, 0) is 27.2 Å². The van der Waals surface area contributed by atoms with Crippen molar-refractivity contribution in [3.63, 3.8) is 0 Å². The third kappa shape index (κ3) is 5.25. The third-order valence-corrected chi connectivity index (χ3v) is 4.31. The second-order valence-corrected chi connectivity index (χ2v) is 6.25. The molecule has 1 N–H and O–H groups in total. The average molecular weight is 398 g/mol. The Morgan fingerprint density at radius 1 is 1.07 bits per heavy atom. The van der Waals surface area contributed by atoms with Gasteiger partial charge in [0, 0.05) is 11.9 Å². The highest BCUT2D eigenvalue weighted by Gasteiger charge is 2.14. The molecule has 1 heterocycles. The van der Waals surface area contributed by atoms with E-state index in [1.54, 1.807) is 20.3 Å². The van der Waals surface area contributed by atoms with E-state index in [0.717, 1.165) is 10.9 Å². The van der Waals surface area contributed by atoms with Gasteiger partial charge in [0.1, 0.15) is 5.69 Å². The van der Waals surface area contributed by atoms with Gasteiger partial charge < -0.3 is 24.1 Å². The Morgan fingerprint density at radius 3 is 2.66 bits per heavy atom. The second kappa shape index (κ2) is 9.59. The lowest BCUT2D eigenvalue weighted by Gasteiger charge is -2.10. The van der Waals surface area contributed by atoms with Crippen molar-refractivity contribution < 1.29 is 28.3 Å². The fraction of sp³-hybridized carbons (Fsp3) is 0.286. The van der Waals surface area contributed by atoms with Crippen LogP contribution in [0.25, 0.3) is 11.0 Å². The van der Waals surface area contributed by atoms with Gasteiger partial charge in [0.25, 0.3) is 5.91 Å². The normalized spacial score (nSPS) is 10.6. The Bertz CT molecular complexity index is 998. The van der Waals surface area contributed by atoms with Crippen molar-refractivity contribution in [1.29, 1.82) is 0 Å². The minimum Gasteiger partial charge on any atom is -0.493 e. The minimum absolute atomic E-state index is 0.0596. The molecular formula is C21H22N2O6. The summed E-state index contributed by atoms with van der Waals surface area (Å²) < 4.78 is 20.6. The summed E-state index contributed by atoms with van der Waals surface area (Å²) in [6, 6.07) is 12.8. The number of carbonyl (C=O) groups excluding carboxylic acids is 2. The molecular weight excluding hydrogens is 376 g/mol. The Labute approximate surface area is 167 Å². The molecule has 3 rings (SSSR count). The smallest absolute Gasteiger partial charge is 0.312 e. The molecule has 1 aromatic heterocycles. The molecule has 2 aromatic carbocycles. The minimum atomic E-state index is -0.543. The topological polar surface area (TPSA) is 99.9 Å². The Kier molecular flexibility index (Phi) is 6.67. The van der Waals surface area contributed by atoms with E-state index in [1.165, 1.54) is 0 Å². The number of hydrogen-bond donors (Lipinski definition) is 1. The third-order valence-electron chi connectivity index (χ3n) is 4.31. The number of methoxy groups -OCH3 is 2. The van der Waals surface area contributed by atoms with Crippen LogP contribution in [0.1, 0.15) is 11.3 Å². The van der Waals surface area contributed by atoms with Gasteiger partial charge in [0.05, 0.1) is 20.6 Å². The van der Waals surface area contributed by atoms with E-state index in [-0.39, 0.29) is 18.9 Å². The zero-order chi connectivity index (χ0) is 20.6. The number of esters is 1. The standard InChI is InChI=1S/C21H22N2O6/c1-26-18-8-7-14(11-19(18)27-2)9-10-22-20(24)13-28-21(25)12-16-15-5-3-4-6-17(15)29-23-16/h3-8,11H,9-10,12-13H2,1-2H3,(H,22,24). The summed E-state index contributed by atoms with van der Waals surface area (Å²) in [5.74, 6) is 0.362. The number of amides is 1. The van der Waals surface area contributed by atoms with Crippen molar-refractivity contribution in [3.05, 3.63) is 53.7 Å². The lowest BCUT2D eigenvalue weighted by molar-refractivity contribution is -0.147. The molecule has 152 valence electrons. The SMILES string of the molecule is COc1ccc(CCNC(=O)COC(=O)Cc2noc3ccccc23)cc1OC. The van der Waals surface area contributed by atoms with Crippen molar-refractivity contribution in [2.75, 3.05) is 27.4 Å². The first kappa shape index (κ1) is 20.2. The Hall–Kier alpha value is -3.55. The molecule has 0 unspecified atom stereocenters. The summed E-state index contributed by atoms with van der Waals surface area (Å²) in [5, 5.41) is 7.35. The Morgan fingerprint density at radius 2 is 1.86 bits per heavy atom. The van der Waals surface area contributed by atoms with Gasteiger partial charge in [-0.3, -0.25) is 9.59 Å². The monoisotopic (exact) mass is 398 g/mol. The van der Waals surface area contributed by atoms with Gasteiger partial charge in [0.2, 0.25) is 0 Å². The van der Waals surface area contributed by atoms with Crippen LogP contribution in [0.4, 0.5) is 0 Å². The first-order valence-electron chi connectivity index (χ1n) is 9.07. The highest BCUT2D eigenvalue weighted by atomic mass is 16.5. The van der Waals surface area contributed by atoms with Gasteiger partial charge in [-0.05, 0) is 36.2 Å². The van der Waals surface area contributed by atoms with Gasteiger partial charge in [-0.15, -0.1) is 0 Å². The van der Waals surface area contributed by atoms with Crippen molar-refractivity contribution in [2.24, 2.45) is 0 Å². The van der Waals surface area contributed by atoms with E-state index >= 15 is 0 Å². The summed E-state index contributed by atoms with van der Waals surface area (Å²) in [6.45, 7) is 0.0559. The molecule has 29 heavy (non-hydrogen) atoms. The first-order valence-corrected chi connectivity index (χ1v) is 9.07. The molecule has 0 aliphatic carbocycles. The van der Waals surface area contributed by atoms with Crippen LogP contribution in [0.3, 0.4) is 0 Å². The number of nitrogens with one attached hydrogen (secondary N) is 1. The number of benzene rings is 2. The van der Waals surface area contributed by atoms with E-state index < -0.39 is 5.97 Å². The van der Waals surface area contributed by atoms with Crippen molar-refractivity contribution in [2.45, 2.75) is 12.8 Å². The summed E-state index contributed by atoms with van der Waals surface area (Å²) in [4.78, 5) is 23.9. The highest BCUT2D eigenvalue weighted by Crippen LogP contribution is 2.27. The van der Waals surface area contributed by atoms with Gasteiger partial charge in [0.15, 0.2) is 23.7 Å². The van der Waals surface area contributed by atoms with Crippen LogP contribution in [0, 0.1) is 0 Å². The number of hydrogen-bond acceptors (Lipinski definition) is 7. The number of aromatic nitrogens is 1. The summed E-state index contributed by atoms with van der Waals surface area (Å²) in [5.41, 5.74) is 2.07. The van der Waals surface area contributed by atoms with Gasteiger partial charge in [-0.25, -0.2) is 0 Å². The van der Waals surface area contributed by atoms with Gasteiger partial charge >= 0.3 is 5.97 Å². The van der Waals surface area contributed by atoms with E-state index in [9.17, 15) is 9.59 Å². The van der Waals surface area contributed by atoms with Crippen molar-refractivity contribution >= 4 is 22.8 Å². The number of nitrogens with zero attached hydrogens (tertiary/aromatic N) is 1. The van der Waals surface area contributed by atoms with Crippen LogP contribution in [0.2, 0.25) is 0 Å². The maximum Gasteiger partial charge on any atom is 0.312 e. The molecule has 0 spiro atoms. The molecule has 0 saturated heterocycles. The molecule has 0 aliphatic heterocycles. The first-order chi connectivity index (χ1) is 14.1. The number of para-hydroxylation sites is 1. The Balaban J connectivity index is 1.41. The molecule has 3 aromatic rings. The summed E-state index contributed by atoms with van der Waals surface area (Å²) in [7, 11) is 3.14. The zero-order valence-electron chi connectivity index (χ0n) is 16.3. The molecule has 0 saturated carbocycles. The highest BCUT2D eigenvalue weighted by molar-refractivity contribution is 5.85. The van der Waals surface area contributed by atoms with Crippen molar-refractivity contribution in [1.82, 2.24) is 10.5 Å². The van der Waals surface area contributed by atoms with Crippen LogP contribution in [0.5, 0.6) is 11.5 Å². The summed E-state index contributed by atoms with van der Waals surface area (Å²) >= 11 is 0. The lowest BCUT2D eigenvalue weighted by Crippen LogP contribution is -2.30. The molecule has 8 nitrogen and oxygen atoms in total. The van der Waals surface area contributed by atoms with E-state index in [2.05, 4.69) is 10.5 Å². The van der Waals surface area contributed by atoms with E-state index in [0.29, 0.717) is 35.7 Å². The van der Waals surface area contributed by atoms with E-state index in [1.807, 2.05) is 36.4 Å². The number of carbonyl (C=O) groups is 2. The zero-order valence-corrected chi connectivity index (χ0v) is 16.3. The number of ether oxygens (including phenoxy) is 3. The predicted molar refractivity (Wildman–Crippen MR) is 105 cm³/mol. The maximum absolute atomic E-state index is 12.0. The quantitative estimate of drug-likeness (QED) is 0.552. The molecule has 0 aliphatic rings. The fourth-order valence-electron chi connectivity index (χ4n) is 2.83. The van der Waals surface area contributed by atoms with Crippen LogP contribution >= 0.6 is 0 Å². The molecule has 8 heteroatoms. The molecule has 1 amide bonds. The second-order valence-electron chi connectivity index (χ2n) is 6.25.